The molecule has 1 fully saturated rings. The largest absolute Gasteiger partial charge is 0.507 e. The molecule has 108 valence electrons. The number of esters is 1. The van der Waals surface area contributed by atoms with Crippen molar-refractivity contribution >= 4 is 27.8 Å². The Bertz CT molecular complexity index is 528. The van der Waals surface area contributed by atoms with Crippen LogP contribution in [0.4, 0.5) is 0 Å². The molecule has 1 aromatic carbocycles. The molecule has 0 aromatic heterocycles. The lowest BCUT2D eigenvalue weighted by Crippen LogP contribution is -2.37. The van der Waals surface area contributed by atoms with Crippen molar-refractivity contribution in [3.63, 3.8) is 0 Å². The van der Waals surface area contributed by atoms with Crippen LogP contribution in [0.1, 0.15) is 30.1 Å². The molecule has 2 N–H and O–H groups in total. The monoisotopic (exact) mass is 341 g/mol. The van der Waals surface area contributed by atoms with Gasteiger partial charge in [0.05, 0.1) is 0 Å². The molecule has 2 rings (SSSR count). The molecule has 1 amide bonds. The van der Waals surface area contributed by atoms with Gasteiger partial charge in [-0.15, -0.1) is 0 Å². The summed E-state index contributed by atoms with van der Waals surface area (Å²) < 4.78 is 5.54. The first-order chi connectivity index (χ1) is 9.47. The Morgan fingerprint density at radius 2 is 2.20 bits per heavy atom. The second-order valence-electron chi connectivity index (χ2n) is 4.93. The first-order valence-electron chi connectivity index (χ1n) is 6.42. The van der Waals surface area contributed by atoms with E-state index in [0.29, 0.717) is 10.4 Å². The number of nitrogens with one attached hydrogen (secondary N) is 1. The van der Waals surface area contributed by atoms with Crippen molar-refractivity contribution in [3.05, 3.63) is 28.2 Å². The number of benzene rings is 1. The highest BCUT2D eigenvalue weighted by atomic mass is 79.9. The summed E-state index contributed by atoms with van der Waals surface area (Å²) in [6.45, 7) is 1.60. The number of aromatic hydroxyl groups is 1. The molecule has 20 heavy (non-hydrogen) atoms. The summed E-state index contributed by atoms with van der Waals surface area (Å²) >= 11 is 3.20. The van der Waals surface area contributed by atoms with E-state index in [1.807, 2.05) is 6.92 Å². The van der Waals surface area contributed by atoms with Crippen LogP contribution in [-0.4, -0.2) is 29.6 Å². The Labute approximate surface area is 125 Å². The van der Waals surface area contributed by atoms with Crippen LogP contribution in [0.2, 0.25) is 0 Å². The quantitative estimate of drug-likeness (QED) is 0.805. The van der Waals surface area contributed by atoms with Crippen LogP contribution in [0.15, 0.2) is 22.7 Å². The Balaban J connectivity index is 1.85. The molecule has 1 aliphatic carbocycles. The van der Waals surface area contributed by atoms with Gasteiger partial charge in [0.15, 0.2) is 6.61 Å². The number of ether oxygens (including phenoxy) is 1. The molecule has 1 aromatic rings. The lowest BCUT2D eigenvalue weighted by atomic mass is 10.2. The maximum absolute atomic E-state index is 11.8. The van der Waals surface area contributed by atoms with Crippen molar-refractivity contribution in [3.8, 4) is 5.75 Å². The first-order valence-corrected chi connectivity index (χ1v) is 7.21. The number of halogens is 1. The molecule has 6 heteroatoms. The number of rotatable bonds is 5. The molecular formula is C14H16BrNO4. The van der Waals surface area contributed by atoms with E-state index in [4.69, 9.17) is 4.74 Å². The molecule has 0 unspecified atom stereocenters. The average molecular weight is 342 g/mol. The van der Waals surface area contributed by atoms with E-state index in [-0.39, 0.29) is 29.9 Å². The summed E-state index contributed by atoms with van der Waals surface area (Å²) in [6, 6.07) is 4.55. The van der Waals surface area contributed by atoms with Crippen molar-refractivity contribution in [2.45, 2.75) is 25.8 Å². The normalized spacial score (nSPS) is 15.5. The number of carbonyl (C=O) groups is 2. The third kappa shape index (κ3) is 3.96. The lowest BCUT2D eigenvalue weighted by Gasteiger charge is -2.13. The van der Waals surface area contributed by atoms with Crippen LogP contribution in [-0.2, 0) is 9.53 Å². The summed E-state index contributed by atoms with van der Waals surface area (Å²) in [5, 5.41) is 12.4. The van der Waals surface area contributed by atoms with Crippen LogP contribution in [0, 0.1) is 5.92 Å². The number of hydrogen-bond donors (Lipinski definition) is 2. The van der Waals surface area contributed by atoms with Gasteiger partial charge in [0.2, 0.25) is 0 Å². The molecule has 0 saturated heterocycles. The Morgan fingerprint density at radius 1 is 1.50 bits per heavy atom. The predicted molar refractivity (Wildman–Crippen MR) is 76.4 cm³/mol. The van der Waals surface area contributed by atoms with E-state index < -0.39 is 5.97 Å². The number of amides is 1. The third-order valence-electron chi connectivity index (χ3n) is 3.23. The van der Waals surface area contributed by atoms with Crippen LogP contribution in [0.3, 0.4) is 0 Å². The molecule has 5 nitrogen and oxygen atoms in total. The van der Waals surface area contributed by atoms with Crippen LogP contribution >= 0.6 is 15.9 Å². The van der Waals surface area contributed by atoms with Gasteiger partial charge in [-0.2, -0.15) is 0 Å². The topological polar surface area (TPSA) is 75.6 Å². The first kappa shape index (κ1) is 14.8. The predicted octanol–water partition coefficient (Wildman–Crippen LogP) is 2.23. The molecule has 0 aliphatic heterocycles. The Kier molecular flexibility index (Phi) is 4.65. The summed E-state index contributed by atoms with van der Waals surface area (Å²) in [5.41, 5.74) is 0.0300. The molecule has 1 atom stereocenters. The molecule has 1 saturated carbocycles. The summed E-state index contributed by atoms with van der Waals surface area (Å²) in [7, 11) is 0. The van der Waals surface area contributed by atoms with Crippen molar-refractivity contribution in [2.75, 3.05) is 6.61 Å². The smallest absolute Gasteiger partial charge is 0.342 e. The second kappa shape index (κ2) is 6.26. The summed E-state index contributed by atoms with van der Waals surface area (Å²) in [4.78, 5) is 23.4. The lowest BCUT2D eigenvalue weighted by molar-refractivity contribution is -0.125. The van der Waals surface area contributed by atoms with Gasteiger partial charge in [0, 0.05) is 10.5 Å². The third-order valence-corrected chi connectivity index (χ3v) is 3.72. The number of hydrogen-bond acceptors (Lipinski definition) is 4. The van der Waals surface area contributed by atoms with E-state index in [0.717, 1.165) is 12.8 Å². The minimum absolute atomic E-state index is 0.0300. The minimum Gasteiger partial charge on any atom is -0.507 e. The average Bonchev–Trinajstić information content (AvgIpc) is 3.23. The van der Waals surface area contributed by atoms with Gasteiger partial charge in [-0.05, 0) is 43.9 Å². The van der Waals surface area contributed by atoms with Crippen molar-refractivity contribution < 1.29 is 19.4 Å². The van der Waals surface area contributed by atoms with E-state index in [9.17, 15) is 14.7 Å². The summed E-state index contributed by atoms with van der Waals surface area (Å²) in [6.07, 6.45) is 2.26. The fourth-order valence-electron chi connectivity index (χ4n) is 1.89. The fraction of sp³-hybridized carbons (Fsp3) is 0.429. The van der Waals surface area contributed by atoms with Crippen LogP contribution in [0.25, 0.3) is 0 Å². The number of phenolic OH excluding ortho intramolecular Hbond substituents is 1. The van der Waals surface area contributed by atoms with E-state index in [1.54, 1.807) is 6.07 Å². The Hall–Kier alpha value is -1.56. The van der Waals surface area contributed by atoms with Crippen LogP contribution in [0.5, 0.6) is 5.75 Å². The molecule has 0 bridgehead atoms. The second-order valence-corrected chi connectivity index (χ2v) is 5.85. The van der Waals surface area contributed by atoms with E-state index in [2.05, 4.69) is 21.2 Å². The zero-order valence-electron chi connectivity index (χ0n) is 11.1. The standard InChI is InChI=1S/C14H16BrNO4/c1-8(9-2-3-9)16-13(18)7-20-14(19)11-6-10(15)4-5-12(11)17/h4-6,8-9,17H,2-3,7H2,1H3,(H,16,18)/t8-/m1/s1. The highest BCUT2D eigenvalue weighted by Crippen LogP contribution is 2.32. The molecule has 0 spiro atoms. The van der Waals surface area contributed by atoms with Crippen molar-refractivity contribution in [1.82, 2.24) is 5.32 Å². The van der Waals surface area contributed by atoms with Crippen molar-refractivity contribution in [2.24, 2.45) is 5.92 Å². The maximum atomic E-state index is 11.8. The SMILES string of the molecule is C[C@@H](NC(=O)COC(=O)c1cc(Br)ccc1O)C1CC1. The van der Waals surface area contributed by atoms with Gasteiger partial charge < -0.3 is 15.2 Å². The van der Waals surface area contributed by atoms with Crippen LogP contribution < -0.4 is 5.32 Å². The number of carbonyl (C=O) groups excluding carboxylic acids is 2. The number of phenols is 1. The zero-order chi connectivity index (χ0) is 14.7. The molecule has 0 heterocycles. The van der Waals surface area contributed by atoms with Gasteiger partial charge in [-0.3, -0.25) is 4.79 Å². The zero-order valence-corrected chi connectivity index (χ0v) is 12.6. The highest BCUT2D eigenvalue weighted by Gasteiger charge is 2.29. The van der Waals surface area contributed by atoms with Gasteiger partial charge >= 0.3 is 5.97 Å². The van der Waals surface area contributed by atoms with Gasteiger partial charge in [0.1, 0.15) is 11.3 Å². The molecule has 0 radical (unpaired) electrons. The van der Waals surface area contributed by atoms with E-state index >= 15 is 0 Å². The van der Waals surface area contributed by atoms with Crippen molar-refractivity contribution in [1.29, 1.82) is 0 Å². The van der Waals surface area contributed by atoms with Gasteiger partial charge in [0.25, 0.3) is 5.91 Å². The fourth-order valence-corrected chi connectivity index (χ4v) is 2.25. The van der Waals surface area contributed by atoms with E-state index in [1.165, 1.54) is 12.1 Å². The summed E-state index contributed by atoms with van der Waals surface area (Å²) in [5.74, 6) is -0.681. The molecule has 1 aliphatic rings. The van der Waals surface area contributed by atoms with Gasteiger partial charge in [-0.25, -0.2) is 4.79 Å². The highest BCUT2D eigenvalue weighted by molar-refractivity contribution is 9.10. The Morgan fingerprint density at radius 3 is 2.85 bits per heavy atom. The molecular weight excluding hydrogens is 326 g/mol. The van der Waals surface area contributed by atoms with Gasteiger partial charge in [-0.1, -0.05) is 15.9 Å². The maximum Gasteiger partial charge on any atom is 0.342 e. The minimum atomic E-state index is -0.724.